The van der Waals surface area contributed by atoms with E-state index in [1.165, 1.54) is 22.5 Å². The molecule has 4 heteroatoms. The molecule has 0 aliphatic carbocycles. The molecule has 0 amide bonds. The van der Waals surface area contributed by atoms with Crippen molar-refractivity contribution in [2.75, 3.05) is 37.5 Å². The van der Waals surface area contributed by atoms with Gasteiger partial charge in [-0.05, 0) is 42.3 Å². The van der Waals surface area contributed by atoms with Gasteiger partial charge in [-0.15, -0.1) is 0 Å². The number of rotatable bonds is 4. The molecule has 116 valence electrons. The lowest BCUT2D eigenvalue weighted by molar-refractivity contribution is 0.354. The Morgan fingerprint density at radius 3 is 2.59 bits per heavy atom. The van der Waals surface area contributed by atoms with Crippen LogP contribution in [0.1, 0.15) is 11.1 Å². The van der Waals surface area contributed by atoms with Crippen molar-refractivity contribution in [2.24, 2.45) is 0 Å². The first-order valence-corrected chi connectivity index (χ1v) is 7.52. The topological polar surface area (TPSA) is 33.7 Å². The first-order valence-electron chi connectivity index (χ1n) is 7.52. The maximum Gasteiger partial charge on any atom is 0.161 e. The lowest BCUT2D eigenvalue weighted by atomic mass is 10.1. The van der Waals surface area contributed by atoms with Gasteiger partial charge in [0.05, 0.1) is 25.6 Å². The predicted molar refractivity (Wildman–Crippen MR) is 90.3 cm³/mol. The molecule has 3 rings (SSSR count). The summed E-state index contributed by atoms with van der Waals surface area (Å²) in [5.41, 5.74) is 4.93. The number of para-hydroxylation sites is 2. The molecule has 4 nitrogen and oxygen atoms in total. The number of fused-ring (bicyclic) bond motifs is 1. The molecule has 1 N–H and O–H groups in total. The lowest BCUT2D eigenvalue weighted by Gasteiger charge is -2.32. The van der Waals surface area contributed by atoms with Crippen LogP contribution in [0.25, 0.3) is 0 Å². The van der Waals surface area contributed by atoms with Gasteiger partial charge in [0, 0.05) is 19.6 Å². The van der Waals surface area contributed by atoms with Crippen molar-refractivity contribution in [2.45, 2.75) is 13.5 Å². The molecular formula is C18H22N2O2. The van der Waals surface area contributed by atoms with Gasteiger partial charge in [0.15, 0.2) is 11.5 Å². The molecule has 0 saturated heterocycles. The van der Waals surface area contributed by atoms with E-state index in [1.807, 2.05) is 6.07 Å². The van der Waals surface area contributed by atoms with Crippen LogP contribution in [0, 0.1) is 6.92 Å². The summed E-state index contributed by atoms with van der Waals surface area (Å²) in [7, 11) is 3.35. The van der Waals surface area contributed by atoms with E-state index in [-0.39, 0.29) is 0 Å². The normalized spacial score (nSPS) is 13.3. The fourth-order valence-corrected chi connectivity index (χ4v) is 2.91. The van der Waals surface area contributed by atoms with Crippen molar-refractivity contribution >= 4 is 11.4 Å². The van der Waals surface area contributed by atoms with Gasteiger partial charge in [0.25, 0.3) is 0 Å². The molecule has 2 aromatic rings. The summed E-state index contributed by atoms with van der Waals surface area (Å²) in [6.45, 7) is 4.93. The number of hydrogen-bond donors (Lipinski definition) is 1. The van der Waals surface area contributed by atoms with Crippen molar-refractivity contribution in [3.05, 3.63) is 47.5 Å². The molecule has 0 spiro atoms. The average molecular weight is 298 g/mol. The highest BCUT2D eigenvalue weighted by atomic mass is 16.5. The Bertz CT molecular complexity index is 670. The third-order valence-corrected chi connectivity index (χ3v) is 4.15. The second kappa shape index (κ2) is 6.18. The maximum absolute atomic E-state index is 5.43. The maximum atomic E-state index is 5.43. The van der Waals surface area contributed by atoms with E-state index in [2.05, 4.69) is 47.5 Å². The Labute approximate surface area is 131 Å². The van der Waals surface area contributed by atoms with Gasteiger partial charge >= 0.3 is 0 Å². The number of anilines is 2. The second-order valence-electron chi connectivity index (χ2n) is 5.50. The lowest BCUT2D eigenvalue weighted by Crippen LogP contribution is -2.33. The minimum absolute atomic E-state index is 0.782. The van der Waals surface area contributed by atoms with Gasteiger partial charge in [0.2, 0.25) is 0 Å². The fraction of sp³-hybridized carbons (Fsp3) is 0.333. The molecule has 0 unspecified atom stereocenters. The molecule has 0 bridgehead atoms. The third kappa shape index (κ3) is 2.69. The molecular weight excluding hydrogens is 276 g/mol. The van der Waals surface area contributed by atoms with Crippen molar-refractivity contribution in [3.8, 4) is 11.5 Å². The van der Waals surface area contributed by atoms with Crippen LogP contribution in [-0.4, -0.2) is 27.3 Å². The SMILES string of the molecule is COc1cc(C)c(CN2CCNc3ccccc32)cc1OC. The Morgan fingerprint density at radius 2 is 1.82 bits per heavy atom. The molecule has 0 fully saturated rings. The summed E-state index contributed by atoms with van der Waals surface area (Å²) in [6, 6.07) is 12.6. The Kier molecular flexibility index (Phi) is 4.09. The molecule has 22 heavy (non-hydrogen) atoms. The van der Waals surface area contributed by atoms with E-state index < -0.39 is 0 Å². The molecule has 1 aliphatic heterocycles. The average Bonchev–Trinajstić information content (AvgIpc) is 2.56. The largest absolute Gasteiger partial charge is 0.493 e. The van der Waals surface area contributed by atoms with E-state index in [1.54, 1.807) is 14.2 Å². The molecule has 0 atom stereocenters. The Balaban J connectivity index is 1.91. The number of nitrogens with one attached hydrogen (secondary N) is 1. The van der Waals surface area contributed by atoms with Crippen molar-refractivity contribution in [1.82, 2.24) is 0 Å². The first-order chi connectivity index (χ1) is 10.7. The fourth-order valence-electron chi connectivity index (χ4n) is 2.91. The zero-order valence-corrected chi connectivity index (χ0v) is 13.3. The van der Waals surface area contributed by atoms with Crippen molar-refractivity contribution in [3.63, 3.8) is 0 Å². The van der Waals surface area contributed by atoms with Gasteiger partial charge in [-0.25, -0.2) is 0 Å². The van der Waals surface area contributed by atoms with Gasteiger partial charge in [-0.2, -0.15) is 0 Å². The standard InChI is InChI=1S/C18H22N2O2/c1-13-10-17(21-2)18(22-3)11-14(13)12-20-9-8-19-15-6-4-5-7-16(15)20/h4-7,10-11,19H,8-9,12H2,1-3H3. The number of methoxy groups -OCH3 is 2. The summed E-state index contributed by atoms with van der Waals surface area (Å²) in [5.74, 6) is 1.57. The smallest absolute Gasteiger partial charge is 0.161 e. The van der Waals surface area contributed by atoms with Crippen LogP contribution in [0.3, 0.4) is 0 Å². The minimum atomic E-state index is 0.782. The molecule has 1 aliphatic rings. The van der Waals surface area contributed by atoms with E-state index in [0.717, 1.165) is 31.1 Å². The summed E-state index contributed by atoms with van der Waals surface area (Å²) in [5, 5.41) is 3.45. The van der Waals surface area contributed by atoms with Crippen LogP contribution in [-0.2, 0) is 6.54 Å². The summed E-state index contributed by atoms with van der Waals surface area (Å²) >= 11 is 0. The van der Waals surface area contributed by atoms with Crippen LogP contribution in [0.15, 0.2) is 36.4 Å². The zero-order valence-electron chi connectivity index (χ0n) is 13.3. The van der Waals surface area contributed by atoms with Crippen LogP contribution in [0.2, 0.25) is 0 Å². The first kappa shape index (κ1) is 14.6. The van der Waals surface area contributed by atoms with Crippen LogP contribution < -0.4 is 19.7 Å². The van der Waals surface area contributed by atoms with E-state index in [4.69, 9.17) is 9.47 Å². The van der Waals surface area contributed by atoms with E-state index in [0.29, 0.717) is 0 Å². The highest BCUT2D eigenvalue weighted by molar-refractivity contribution is 5.72. The molecule has 2 aromatic carbocycles. The summed E-state index contributed by atoms with van der Waals surface area (Å²) < 4.78 is 10.8. The summed E-state index contributed by atoms with van der Waals surface area (Å²) in [4.78, 5) is 2.40. The second-order valence-corrected chi connectivity index (χ2v) is 5.50. The predicted octanol–water partition coefficient (Wildman–Crippen LogP) is 3.44. The van der Waals surface area contributed by atoms with Crippen molar-refractivity contribution in [1.29, 1.82) is 0 Å². The van der Waals surface area contributed by atoms with Gasteiger partial charge in [-0.1, -0.05) is 12.1 Å². The monoisotopic (exact) mass is 298 g/mol. The third-order valence-electron chi connectivity index (χ3n) is 4.15. The van der Waals surface area contributed by atoms with E-state index >= 15 is 0 Å². The minimum Gasteiger partial charge on any atom is -0.493 e. The molecule has 0 saturated carbocycles. The zero-order chi connectivity index (χ0) is 15.5. The number of aryl methyl sites for hydroxylation is 1. The van der Waals surface area contributed by atoms with Gasteiger partial charge < -0.3 is 19.7 Å². The highest BCUT2D eigenvalue weighted by Gasteiger charge is 2.18. The quantitative estimate of drug-likeness (QED) is 0.937. The number of benzene rings is 2. The van der Waals surface area contributed by atoms with Crippen molar-refractivity contribution < 1.29 is 9.47 Å². The molecule has 0 radical (unpaired) electrons. The van der Waals surface area contributed by atoms with E-state index in [9.17, 15) is 0 Å². The molecule has 0 aromatic heterocycles. The highest BCUT2D eigenvalue weighted by Crippen LogP contribution is 2.34. The van der Waals surface area contributed by atoms with Gasteiger partial charge in [0.1, 0.15) is 0 Å². The van der Waals surface area contributed by atoms with Crippen LogP contribution in [0.4, 0.5) is 11.4 Å². The number of ether oxygens (including phenoxy) is 2. The Morgan fingerprint density at radius 1 is 1.09 bits per heavy atom. The van der Waals surface area contributed by atoms with Gasteiger partial charge in [-0.3, -0.25) is 0 Å². The summed E-state index contributed by atoms with van der Waals surface area (Å²) in [6.07, 6.45) is 0. The number of nitrogens with zero attached hydrogens (tertiary/aromatic N) is 1. The number of hydrogen-bond acceptors (Lipinski definition) is 4. The Hall–Kier alpha value is -2.36. The molecule has 1 heterocycles. The van der Waals surface area contributed by atoms with Crippen LogP contribution >= 0.6 is 0 Å². The van der Waals surface area contributed by atoms with Crippen LogP contribution in [0.5, 0.6) is 11.5 Å².